The number of carbonyl (C=O) groups is 1. The van der Waals surface area contributed by atoms with Crippen molar-refractivity contribution in [2.75, 3.05) is 31.6 Å². The van der Waals surface area contributed by atoms with Crippen LogP contribution in [-0.4, -0.2) is 68.1 Å². The van der Waals surface area contributed by atoms with Crippen LogP contribution < -0.4 is 4.90 Å². The van der Waals surface area contributed by atoms with Crippen molar-refractivity contribution in [3.8, 4) is 0 Å². The second kappa shape index (κ2) is 6.38. The van der Waals surface area contributed by atoms with E-state index < -0.39 is 5.60 Å². The van der Waals surface area contributed by atoms with E-state index in [1.54, 1.807) is 48.9 Å². The molecular weight excluding hydrogens is 332 g/mol. The summed E-state index contributed by atoms with van der Waals surface area (Å²) in [6.45, 7) is 1.30. The number of aliphatic hydroxyl groups is 1. The maximum Gasteiger partial charge on any atom is 0.253 e. The molecule has 8 heteroatoms. The summed E-state index contributed by atoms with van der Waals surface area (Å²) >= 11 is 0. The Balaban J connectivity index is 1.45. The number of nitrogens with zero attached hydrogens (tertiary/aromatic N) is 5. The van der Waals surface area contributed by atoms with Gasteiger partial charge in [0.2, 0.25) is 5.95 Å². The summed E-state index contributed by atoms with van der Waals surface area (Å²) in [7, 11) is 1.71. The number of benzene rings is 1. The minimum atomic E-state index is -0.984. The van der Waals surface area contributed by atoms with Gasteiger partial charge in [-0.2, -0.15) is 0 Å². The molecule has 3 aromatic rings. The van der Waals surface area contributed by atoms with Gasteiger partial charge in [0.05, 0.1) is 30.5 Å². The number of amides is 1. The quantitative estimate of drug-likeness (QED) is 0.729. The first-order valence-corrected chi connectivity index (χ1v) is 8.47. The highest BCUT2D eigenvalue weighted by Crippen LogP contribution is 2.25. The molecule has 1 aliphatic rings. The molecule has 1 amide bonds. The summed E-state index contributed by atoms with van der Waals surface area (Å²) < 4.78 is 0. The Bertz CT molecular complexity index is 928. The number of likely N-dealkylation sites (N-methyl/N-ethyl adjacent to an activating group) is 1. The van der Waals surface area contributed by atoms with Gasteiger partial charge in [-0.25, -0.2) is 15.0 Å². The molecule has 2 aromatic heterocycles. The number of aromatic amines is 1. The fraction of sp³-hybridized carbons (Fsp3) is 0.333. The number of rotatable bonds is 4. The Morgan fingerprint density at radius 3 is 2.96 bits per heavy atom. The summed E-state index contributed by atoms with van der Waals surface area (Å²) in [6.07, 6.45) is 5.52. The Morgan fingerprint density at radius 1 is 1.35 bits per heavy atom. The topological polar surface area (TPSA) is 98.2 Å². The van der Waals surface area contributed by atoms with E-state index in [9.17, 15) is 9.90 Å². The van der Waals surface area contributed by atoms with Gasteiger partial charge < -0.3 is 19.9 Å². The molecule has 0 bridgehead atoms. The predicted molar refractivity (Wildman–Crippen MR) is 96.9 cm³/mol. The number of β-amino-alcohol motifs (C(OH)–C–C–N with tert-alkyl or cyclic N) is 1. The van der Waals surface area contributed by atoms with E-state index in [4.69, 9.17) is 0 Å². The Labute approximate surface area is 150 Å². The van der Waals surface area contributed by atoms with Crippen molar-refractivity contribution in [3.63, 3.8) is 0 Å². The van der Waals surface area contributed by atoms with E-state index >= 15 is 0 Å². The van der Waals surface area contributed by atoms with E-state index in [1.165, 1.54) is 0 Å². The molecule has 26 heavy (non-hydrogen) atoms. The molecule has 8 nitrogen and oxygen atoms in total. The van der Waals surface area contributed by atoms with Crippen LogP contribution in [0.2, 0.25) is 0 Å². The van der Waals surface area contributed by atoms with Crippen LogP contribution in [0.1, 0.15) is 16.8 Å². The number of anilines is 1. The van der Waals surface area contributed by atoms with Gasteiger partial charge in [-0.15, -0.1) is 0 Å². The molecule has 1 atom stereocenters. The summed E-state index contributed by atoms with van der Waals surface area (Å²) in [5.74, 6) is 0.464. The van der Waals surface area contributed by atoms with Crippen molar-refractivity contribution in [1.82, 2.24) is 24.8 Å². The summed E-state index contributed by atoms with van der Waals surface area (Å²) in [5.41, 5.74) is 1.21. The minimum absolute atomic E-state index is 0.135. The number of aromatic nitrogens is 4. The molecule has 1 unspecified atom stereocenters. The van der Waals surface area contributed by atoms with Crippen LogP contribution in [0.3, 0.4) is 0 Å². The van der Waals surface area contributed by atoms with Crippen molar-refractivity contribution in [3.05, 3.63) is 48.5 Å². The number of nitrogens with one attached hydrogen (secondary N) is 1. The third-order valence-electron chi connectivity index (χ3n) is 4.71. The normalized spacial score (nSPS) is 19.8. The van der Waals surface area contributed by atoms with E-state index in [-0.39, 0.29) is 12.5 Å². The molecule has 0 spiro atoms. The Morgan fingerprint density at radius 2 is 2.15 bits per heavy atom. The van der Waals surface area contributed by atoms with Crippen molar-refractivity contribution in [2.45, 2.75) is 12.0 Å². The first-order valence-electron chi connectivity index (χ1n) is 8.47. The largest absolute Gasteiger partial charge is 0.386 e. The molecule has 134 valence electrons. The first-order chi connectivity index (χ1) is 12.5. The van der Waals surface area contributed by atoms with Gasteiger partial charge in [-0.3, -0.25) is 4.79 Å². The fourth-order valence-corrected chi connectivity index (χ4v) is 3.41. The second-order valence-electron chi connectivity index (χ2n) is 6.74. The Hall–Kier alpha value is -3.00. The van der Waals surface area contributed by atoms with E-state index in [1.807, 2.05) is 11.0 Å². The van der Waals surface area contributed by atoms with Crippen LogP contribution in [0.4, 0.5) is 5.95 Å². The van der Waals surface area contributed by atoms with Crippen LogP contribution in [0.15, 0.2) is 43.0 Å². The SMILES string of the molecule is CN(CC1(O)CCN(c2ncccn2)C1)C(=O)c1ccc2nc[nH]c2c1. The van der Waals surface area contributed by atoms with Gasteiger partial charge in [-0.1, -0.05) is 0 Å². The van der Waals surface area contributed by atoms with E-state index in [2.05, 4.69) is 19.9 Å². The highest BCUT2D eigenvalue weighted by Gasteiger charge is 2.39. The van der Waals surface area contributed by atoms with Crippen LogP contribution >= 0.6 is 0 Å². The Kier molecular flexibility index (Phi) is 4.04. The van der Waals surface area contributed by atoms with Gasteiger partial charge in [0.25, 0.3) is 5.91 Å². The first kappa shape index (κ1) is 16.5. The molecular formula is C18H20N6O2. The summed E-state index contributed by atoms with van der Waals surface area (Å²) in [6, 6.07) is 7.11. The number of hydrogen-bond acceptors (Lipinski definition) is 6. The van der Waals surface area contributed by atoms with Crippen molar-refractivity contribution < 1.29 is 9.90 Å². The van der Waals surface area contributed by atoms with Crippen LogP contribution in [-0.2, 0) is 0 Å². The highest BCUT2D eigenvalue weighted by molar-refractivity contribution is 5.97. The molecule has 1 aromatic carbocycles. The monoisotopic (exact) mass is 352 g/mol. The molecule has 1 fully saturated rings. The number of imidazole rings is 1. The lowest BCUT2D eigenvalue weighted by Crippen LogP contribution is -2.46. The average molecular weight is 352 g/mol. The lowest BCUT2D eigenvalue weighted by atomic mass is 10.0. The molecule has 1 saturated heterocycles. The molecule has 0 saturated carbocycles. The van der Waals surface area contributed by atoms with Gasteiger partial charge in [0, 0.05) is 31.5 Å². The van der Waals surface area contributed by atoms with Crippen LogP contribution in [0.5, 0.6) is 0 Å². The zero-order valence-electron chi connectivity index (χ0n) is 14.5. The highest BCUT2D eigenvalue weighted by atomic mass is 16.3. The zero-order valence-corrected chi connectivity index (χ0v) is 14.5. The molecule has 4 rings (SSSR count). The maximum atomic E-state index is 12.7. The third kappa shape index (κ3) is 3.11. The van der Waals surface area contributed by atoms with Gasteiger partial charge in [0.1, 0.15) is 5.60 Å². The average Bonchev–Trinajstić information content (AvgIpc) is 3.27. The molecule has 3 heterocycles. The van der Waals surface area contributed by atoms with Crippen molar-refractivity contribution in [1.29, 1.82) is 0 Å². The number of carbonyl (C=O) groups excluding carboxylic acids is 1. The third-order valence-corrected chi connectivity index (χ3v) is 4.71. The van der Waals surface area contributed by atoms with E-state index in [0.717, 1.165) is 11.0 Å². The van der Waals surface area contributed by atoms with Crippen molar-refractivity contribution in [2.24, 2.45) is 0 Å². The van der Waals surface area contributed by atoms with Gasteiger partial charge in [-0.05, 0) is 30.7 Å². The lowest BCUT2D eigenvalue weighted by Gasteiger charge is -2.29. The fourth-order valence-electron chi connectivity index (χ4n) is 3.41. The van der Waals surface area contributed by atoms with Crippen LogP contribution in [0, 0.1) is 0 Å². The molecule has 0 aliphatic carbocycles. The number of hydrogen-bond donors (Lipinski definition) is 2. The zero-order chi connectivity index (χ0) is 18.1. The lowest BCUT2D eigenvalue weighted by molar-refractivity contribution is 0.0264. The summed E-state index contributed by atoms with van der Waals surface area (Å²) in [5, 5.41) is 10.9. The van der Waals surface area contributed by atoms with Gasteiger partial charge in [0.15, 0.2) is 0 Å². The predicted octanol–water partition coefficient (Wildman–Crippen LogP) is 1.07. The molecule has 1 aliphatic heterocycles. The molecule has 0 radical (unpaired) electrons. The van der Waals surface area contributed by atoms with Gasteiger partial charge >= 0.3 is 0 Å². The van der Waals surface area contributed by atoms with E-state index in [0.29, 0.717) is 31.0 Å². The van der Waals surface area contributed by atoms with Crippen molar-refractivity contribution >= 4 is 22.9 Å². The number of fused-ring (bicyclic) bond motifs is 1. The maximum absolute atomic E-state index is 12.7. The standard InChI is InChI=1S/C18H20N6O2/c1-23(16(25)13-3-4-14-15(9-13)22-12-21-14)10-18(26)5-8-24(11-18)17-19-6-2-7-20-17/h2-4,6-7,9,12,26H,5,8,10-11H2,1H3,(H,21,22). The number of H-pyrrole nitrogens is 1. The minimum Gasteiger partial charge on any atom is -0.386 e. The summed E-state index contributed by atoms with van der Waals surface area (Å²) in [4.78, 5) is 31.9. The molecule has 2 N–H and O–H groups in total. The smallest absolute Gasteiger partial charge is 0.253 e. The second-order valence-corrected chi connectivity index (χ2v) is 6.74. The van der Waals surface area contributed by atoms with Crippen LogP contribution in [0.25, 0.3) is 11.0 Å².